The summed E-state index contributed by atoms with van der Waals surface area (Å²) in [5.41, 5.74) is 1.45. The summed E-state index contributed by atoms with van der Waals surface area (Å²) in [6.45, 7) is 1.96. The molecule has 0 amide bonds. The lowest BCUT2D eigenvalue weighted by Crippen LogP contribution is -2.19. The Kier molecular flexibility index (Phi) is 4.47. The number of benzene rings is 2. The van der Waals surface area contributed by atoms with Crippen LogP contribution in [0.4, 0.5) is 24.5 Å². The minimum atomic E-state index is -4.37. The maximum absolute atomic E-state index is 12.6. The Morgan fingerprint density at radius 3 is 2.19 bits per heavy atom. The smallest absolute Gasteiger partial charge is 0.332 e. The van der Waals surface area contributed by atoms with Crippen molar-refractivity contribution in [2.45, 2.75) is 13.1 Å². The average Bonchev–Trinajstić information content (AvgIpc) is 2.41. The van der Waals surface area contributed by atoms with E-state index in [2.05, 4.69) is 10.6 Å². The molecule has 0 aromatic heterocycles. The van der Waals surface area contributed by atoms with Gasteiger partial charge in [-0.05, 0) is 49.5 Å². The maximum atomic E-state index is 12.6. The summed E-state index contributed by atoms with van der Waals surface area (Å²) in [4.78, 5) is 0. The van der Waals surface area contributed by atoms with E-state index in [4.69, 9.17) is 12.2 Å². The average molecular weight is 310 g/mol. The van der Waals surface area contributed by atoms with Crippen molar-refractivity contribution in [3.63, 3.8) is 0 Å². The van der Waals surface area contributed by atoms with Gasteiger partial charge in [0.2, 0.25) is 0 Å². The molecule has 0 aliphatic heterocycles. The lowest BCUT2D eigenvalue weighted by atomic mass is 10.2. The van der Waals surface area contributed by atoms with Crippen molar-refractivity contribution in [1.29, 1.82) is 0 Å². The van der Waals surface area contributed by atoms with E-state index in [9.17, 15) is 13.2 Å². The molecule has 0 bridgehead atoms. The normalized spacial score (nSPS) is 11.0. The molecule has 0 saturated heterocycles. The molecule has 110 valence electrons. The third kappa shape index (κ3) is 4.46. The van der Waals surface area contributed by atoms with Gasteiger partial charge >= 0.3 is 6.18 Å². The summed E-state index contributed by atoms with van der Waals surface area (Å²) in [6, 6.07) is 12.4. The van der Waals surface area contributed by atoms with Crippen molar-refractivity contribution < 1.29 is 13.2 Å². The first-order valence-electron chi connectivity index (χ1n) is 6.16. The van der Waals surface area contributed by atoms with Crippen LogP contribution in [0.1, 0.15) is 11.1 Å². The number of hydrogen-bond acceptors (Lipinski definition) is 1. The van der Waals surface area contributed by atoms with Gasteiger partial charge in [0.1, 0.15) is 0 Å². The van der Waals surface area contributed by atoms with Crippen LogP contribution in [-0.4, -0.2) is 5.11 Å². The fraction of sp³-hybridized carbons (Fsp3) is 0.133. The number of alkyl halides is 3. The third-order valence-electron chi connectivity index (χ3n) is 2.76. The zero-order chi connectivity index (χ0) is 15.5. The van der Waals surface area contributed by atoms with Crippen molar-refractivity contribution in [2.75, 3.05) is 10.6 Å². The third-order valence-corrected chi connectivity index (χ3v) is 2.96. The van der Waals surface area contributed by atoms with Crippen LogP contribution in [0.2, 0.25) is 0 Å². The first-order chi connectivity index (χ1) is 9.84. The Balaban J connectivity index is 2.04. The first-order valence-corrected chi connectivity index (χ1v) is 6.57. The topological polar surface area (TPSA) is 24.1 Å². The van der Waals surface area contributed by atoms with E-state index in [1.165, 1.54) is 12.1 Å². The van der Waals surface area contributed by atoms with Gasteiger partial charge in [-0.1, -0.05) is 23.8 Å². The van der Waals surface area contributed by atoms with Gasteiger partial charge in [0.05, 0.1) is 5.56 Å². The Morgan fingerprint density at radius 1 is 0.952 bits per heavy atom. The minimum Gasteiger partial charge on any atom is -0.332 e. The molecule has 6 heteroatoms. The standard InChI is InChI=1S/C15H13F3N2S/c1-10-5-7-12(8-6-10)19-14(21)20-13-4-2-3-11(9-13)15(16,17)18/h2-9H,1H3,(H2,19,20,21). The second-order valence-electron chi connectivity index (χ2n) is 4.52. The number of rotatable bonds is 2. The van der Waals surface area contributed by atoms with Crippen LogP contribution in [0, 0.1) is 6.92 Å². The first kappa shape index (κ1) is 15.3. The van der Waals surface area contributed by atoms with E-state index in [0.29, 0.717) is 0 Å². The molecule has 0 heterocycles. The van der Waals surface area contributed by atoms with Gasteiger partial charge in [-0.3, -0.25) is 0 Å². The molecule has 2 N–H and O–H groups in total. The lowest BCUT2D eigenvalue weighted by molar-refractivity contribution is -0.137. The Morgan fingerprint density at radius 2 is 1.57 bits per heavy atom. The van der Waals surface area contributed by atoms with E-state index < -0.39 is 11.7 Å². The highest BCUT2D eigenvalue weighted by molar-refractivity contribution is 7.80. The van der Waals surface area contributed by atoms with E-state index in [1.54, 1.807) is 0 Å². The SMILES string of the molecule is Cc1ccc(NC(=S)Nc2cccc(C(F)(F)F)c2)cc1. The molecular formula is C15H13F3N2S. The number of thiocarbonyl (C=S) groups is 1. The fourth-order valence-corrected chi connectivity index (χ4v) is 1.94. The number of nitrogens with one attached hydrogen (secondary N) is 2. The molecule has 0 spiro atoms. The van der Waals surface area contributed by atoms with E-state index in [0.717, 1.165) is 23.4 Å². The molecule has 0 aliphatic carbocycles. The summed E-state index contributed by atoms with van der Waals surface area (Å²) in [6.07, 6.45) is -4.37. The van der Waals surface area contributed by atoms with Crippen molar-refractivity contribution in [1.82, 2.24) is 0 Å². The van der Waals surface area contributed by atoms with Crippen LogP contribution in [-0.2, 0) is 6.18 Å². The lowest BCUT2D eigenvalue weighted by Gasteiger charge is -2.12. The minimum absolute atomic E-state index is 0.234. The Labute approximate surface area is 126 Å². The van der Waals surface area contributed by atoms with Gasteiger partial charge in [-0.25, -0.2) is 0 Å². The molecule has 0 atom stereocenters. The summed E-state index contributed by atoms with van der Waals surface area (Å²) in [7, 11) is 0. The van der Waals surface area contributed by atoms with Crippen LogP contribution >= 0.6 is 12.2 Å². The quantitative estimate of drug-likeness (QED) is 0.777. The van der Waals surface area contributed by atoms with Crippen LogP contribution in [0.5, 0.6) is 0 Å². The monoisotopic (exact) mass is 310 g/mol. The molecule has 2 nitrogen and oxygen atoms in total. The number of aryl methyl sites for hydroxylation is 1. The number of anilines is 2. The molecule has 2 aromatic carbocycles. The zero-order valence-corrected chi connectivity index (χ0v) is 12.0. The van der Waals surface area contributed by atoms with Gasteiger partial charge in [0.15, 0.2) is 5.11 Å². The van der Waals surface area contributed by atoms with E-state index in [-0.39, 0.29) is 10.8 Å². The molecular weight excluding hydrogens is 297 g/mol. The van der Waals surface area contributed by atoms with Crippen LogP contribution in [0.3, 0.4) is 0 Å². The summed E-state index contributed by atoms with van der Waals surface area (Å²) >= 11 is 5.08. The Bertz CT molecular complexity index is 636. The van der Waals surface area contributed by atoms with Gasteiger partial charge in [0, 0.05) is 11.4 Å². The second kappa shape index (κ2) is 6.13. The highest BCUT2D eigenvalue weighted by atomic mass is 32.1. The summed E-state index contributed by atoms with van der Waals surface area (Å²) < 4.78 is 37.8. The molecule has 0 fully saturated rings. The van der Waals surface area contributed by atoms with E-state index in [1.807, 2.05) is 31.2 Å². The summed E-state index contributed by atoms with van der Waals surface area (Å²) in [5.74, 6) is 0. The second-order valence-corrected chi connectivity index (χ2v) is 4.93. The Hall–Kier alpha value is -2.08. The highest BCUT2D eigenvalue weighted by Gasteiger charge is 2.30. The van der Waals surface area contributed by atoms with Crippen LogP contribution in [0.25, 0.3) is 0 Å². The predicted molar refractivity (Wildman–Crippen MR) is 82.5 cm³/mol. The highest BCUT2D eigenvalue weighted by Crippen LogP contribution is 2.30. The molecule has 2 aromatic rings. The fourth-order valence-electron chi connectivity index (χ4n) is 1.70. The number of hydrogen-bond donors (Lipinski definition) is 2. The van der Waals surface area contributed by atoms with Gasteiger partial charge < -0.3 is 10.6 Å². The molecule has 0 unspecified atom stereocenters. The predicted octanol–water partition coefficient (Wildman–Crippen LogP) is 4.82. The van der Waals surface area contributed by atoms with E-state index >= 15 is 0 Å². The molecule has 0 radical (unpaired) electrons. The van der Waals surface area contributed by atoms with Crippen molar-refractivity contribution >= 4 is 28.7 Å². The van der Waals surface area contributed by atoms with Gasteiger partial charge in [0.25, 0.3) is 0 Å². The van der Waals surface area contributed by atoms with Crippen molar-refractivity contribution in [2.24, 2.45) is 0 Å². The zero-order valence-electron chi connectivity index (χ0n) is 11.2. The van der Waals surface area contributed by atoms with Gasteiger partial charge in [-0.15, -0.1) is 0 Å². The van der Waals surface area contributed by atoms with Crippen molar-refractivity contribution in [3.8, 4) is 0 Å². The molecule has 21 heavy (non-hydrogen) atoms. The molecule has 0 saturated carbocycles. The number of halogens is 3. The largest absolute Gasteiger partial charge is 0.416 e. The van der Waals surface area contributed by atoms with Gasteiger partial charge in [-0.2, -0.15) is 13.2 Å². The van der Waals surface area contributed by atoms with Crippen molar-refractivity contribution in [3.05, 3.63) is 59.7 Å². The maximum Gasteiger partial charge on any atom is 0.416 e. The summed E-state index contributed by atoms with van der Waals surface area (Å²) in [5, 5.41) is 5.89. The molecule has 2 rings (SSSR count). The van der Waals surface area contributed by atoms with Crippen LogP contribution < -0.4 is 10.6 Å². The molecule has 0 aliphatic rings. The van der Waals surface area contributed by atoms with Crippen LogP contribution in [0.15, 0.2) is 48.5 Å².